The third-order valence-corrected chi connectivity index (χ3v) is 3.95. The smallest absolute Gasteiger partial charge is 0.0431 e. The molecule has 0 heterocycles. The van der Waals surface area contributed by atoms with Gasteiger partial charge < -0.3 is 10.3 Å². The quantitative estimate of drug-likeness (QED) is 0.266. The zero-order chi connectivity index (χ0) is 14.7. The average molecular weight is 287 g/mol. The lowest BCUT2D eigenvalue weighted by molar-refractivity contribution is 0.164. The van der Waals surface area contributed by atoms with E-state index in [1.54, 1.807) is 0 Å². The van der Waals surface area contributed by atoms with Gasteiger partial charge in [0.1, 0.15) is 0 Å². The Morgan fingerprint density at radius 3 is 1.05 bits per heavy atom. The Balaban J connectivity index is 2.89. The zero-order valence-corrected chi connectivity index (χ0v) is 13.4. The van der Waals surface area contributed by atoms with Gasteiger partial charge in [-0.05, 0) is 12.8 Å². The van der Waals surface area contributed by atoms with Crippen molar-refractivity contribution in [2.45, 2.75) is 96.3 Å². The molecule has 0 radical (unpaired) electrons. The minimum Gasteiger partial charge on any atom is -0.396 e. The van der Waals surface area contributed by atoms with Crippen molar-refractivity contribution in [2.24, 2.45) is 0 Å². The first-order chi connectivity index (χ1) is 9.91. The lowest BCUT2D eigenvalue weighted by Crippen LogP contribution is -2.07. The molecule has 3 N–H and O–H groups in total. The van der Waals surface area contributed by atoms with E-state index in [0.29, 0.717) is 6.61 Å². The number of hydroxylamine groups is 1. The van der Waals surface area contributed by atoms with Crippen molar-refractivity contribution in [1.82, 2.24) is 5.48 Å². The van der Waals surface area contributed by atoms with Crippen LogP contribution >= 0.6 is 0 Å². The molecule has 0 aromatic carbocycles. The Morgan fingerprint density at radius 2 is 0.750 bits per heavy atom. The fraction of sp³-hybridized carbons (Fsp3) is 1.00. The second-order valence-electron chi connectivity index (χ2n) is 5.94. The molecular weight excluding hydrogens is 250 g/mol. The fourth-order valence-corrected chi connectivity index (χ4v) is 2.61. The van der Waals surface area contributed by atoms with Gasteiger partial charge in [0, 0.05) is 13.2 Å². The van der Waals surface area contributed by atoms with Crippen molar-refractivity contribution in [3.63, 3.8) is 0 Å². The Hall–Kier alpha value is -0.120. The van der Waals surface area contributed by atoms with E-state index in [9.17, 15) is 0 Å². The molecule has 0 aromatic rings. The van der Waals surface area contributed by atoms with Crippen LogP contribution in [-0.4, -0.2) is 23.5 Å². The molecule has 0 bridgehead atoms. The largest absolute Gasteiger partial charge is 0.396 e. The van der Waals surface area contributed by atoms with Crippen molar-refractivity contribution in [2.75, 3.05) is 13.2 Å². The number of rotatable bonds is 17. The summed E-state index contributed by atoms with van der Waals surface area (Å²) in [7, 11) is 0. The van der Waals surface area contributed by atoms with Gasteiger partial charge in [0.25, 0.3) is 0 Å². The van der Waals surface area contributed by atoms with Crippen molar-refractivity contribution in [3.05, 3.63) is 0 Å². The topological polar surface area (TPSA) is 52.5 Å². The average Bonchev–Trinajstić information content (AvgIpc) is 2.47. The molecule has 0 aromatic heterocycles. The molecule has 3 nitrogen and oxygen atoms in total. The summed E-state index contributed by atoms with van der Waals surface area (Å²) in [6.45, 7) is 1.10. The Bertz CT molecular complexity index is 147. The molecule has 122 valence electrons. The number of aliphatic hydroxyl groups excluding tert-OH is 1. The highest BCUT2D eigenvalue weighted by Crippen LogP contribution is 2.13. The van der Waals surface area contributed by atoms with Crippen molar-refractivity contribution >= 4 is 0 Å². The Kier molecular flexibility index (Phi) is 18.8. The van der Waals surface area contributed by atoms with Crippen LogP contribution in [0.15, 0.2) is 0 Å². The summed E-state index contributed by atoms with van der Waals surface area (Å²) < 4.78 is 0. The van der Waals surface area contributed by atoms with Gasteiger partial charge in [-0.25, -0.2) is 5.48 Å². The van der Waals surface area contributed by atoms with Crippen LogP contribution in [0, 0.1) is 0 Å². The van der Waals surface area contributed by atoms with E-state index < -0.39 is 0 Å². The zero-order valence-electron chi connectivity index (χ0n) is 13.4. The fourth-order valence-electron chi connectivity index (χ4n) is 2.61. The van der Waals surface area contributed by atoms with Gasteiger partial charge in [0.05, 0.1) is 0 Å². The first-order valence-electron chi connectivity index (χ1n) is 8.89. The van der Waals surface area contributed by atoms with Gasteiger partial charge in [0.2, 0.25) is 0 Å². The van der Waals surface area contributed by atoms with E-state index in [-0.39, 0.29) is 0 Å². The molecule has 0 atom stereocenters. The highest BCUT2D eigenvalue weighted by molar-refractivity contribution is 4.50. The molecule has 0 saturated carbocycles. The summed E-state index contributed by atoms with van der Waals surface area (Å²) in [5.41, 5.74) is 2.21. The van der Waals surface area contributed by atoms with Crippen LogP contribution in [0.1, 0.15) is 96.3 Å². The molecule has 0 aliphatic heterocycles. The minimum atomic E-state index is 0.359. The predicted octanol–water partition coefficient (Wildman–Crippen LogP) is 4.81. The number of hydrogen-bond acceptors (Lipinski definition) is 3. The maximum atomic E-state index is 8.67. The number of unbranched alkanes of at least 4 members (excludes halogenated alkanes) is 14. The van der Waals surface area contributed by atoms with Gasteiger partial charge in [-0.15, -0.1) is 0 Å². The summed E-state index contributed by atoms with van der Waals surface area (Å²) in [5, 5.41) is 17.1. The van der Waals surface area contributed by atoms with Gasteiger partial charge in [-0.1, -0.05) is 83.5 Å². The van der Waals surface area contributed by atoms with Crippen LogP contribution in [0.3, 0.4) is 0 Å². The highest BCUT2D eigenvalue weighted by Gasteiger charge is 1.94. The van der Waals surface area contributed by atoms with E-state index in [4.69, 9.17) is 10.3 Å². The lowest BCUT2D eigenvalue weighted by atomic mass is 10.0. The molecule has 0 unspecified atom stereocenters. The van der Waals surface area contributed by atoms with Crippen LogP contribution in [0.5, 0.6) is 0 Å². The highest BCUT2D eigenvalue weighted by atomic mass is 16.5. The monoisotopic (exact) mass is 287 g/mol. The SMILES string of the molecule is OCCCCCCCCCCCCCCCCCNO. The predicted molar refractivity (Wildman–Crippen MR) is 86.1 cm³/mol. The molecule has 0 saturated heterocycles. The van der Waals surface area contributed by atoms with Crippen molar-refractivity contribution in [3.8, 4) is 0 Å². The number of aliphatic hydroxyl groups is 1. The second kappa shape index (κ2) is 18.9. The first-order valence-corrected chi connectivity index (χ1v) is 8.89. The first kappa shape index (κ1) is 19.9. The number of nitrogens with one attached hydrogen (secondary N) is 1. The molecule has 0 fully saturated rings. The van der Waals surface area contributed by atoms with Crippen molar-refractivity contribution < 1.29 is 10.3 Å². The van der Waals surface area contributed by atoms with E-state index in [2.05, 4.69) is 5.48 Å². The Labute approximate surface area is 126 Å². The minimum absolute atomic E-state index is 0.359. The Morgan fingerprint density at radius 1 is 0.450 bits per heavy atom. The van der Waals surface area contributed by atoms with E-state index in [1.165, 1.54) is 83.5 Å². The summed E-state index contributed by atoms with van der Waals surface area (Å²) >= 11 is 0. The van der Waals surface area contributed by atoms with Crippen LogP contribution < -0.4 is 5.48 Å². The summed E-state index contributed by atoms with van der Waals surface area (Å²) in [6.07, 6.45) is 19.6. The summed E-state index contributed by atoms with van der Waals surface area (Å²) in [6, 6.07) is 0. The standard InChI is InChI=1S/C17H37NO2/c19-17-15-13-11-9-7-5-3-1-2-4-6-8-10-12-14-16-18-20/h18-20H,1-17H2. The lowest BCUT2D eigenvalue weighted by Gasteiger charge is -2.03. The third kappa shape index (κ3) is 17.9. The summed E-state index contributed by atoms with van der Waals surface area (Å²) in [5.74, 6) is 0. The van der Waals surface area contributed by atoms with Crippen LogP contribution in [0.25, 0.3) is 0 Å². The molecule has 0 amide bonds. The molecular formula is C17H37NO2. The maximum Gasteiger partial charge on any atom is 0.0431 e. The van der Waals surface area contributed by atoms with Gasteiger partial charge in [-0.2, -0.15) is 0 Å². The number of hydrogen-bond donors (Lipinski definition) is 3. The molecule has 0 rings (SSSR count). The van der Waals surface area contributed by atoms with Crippen LogP contribution in [-0.2, 0) is 0 Å². The van der Waals surface area contributed by atoms with E-state index in [0.717, 1.165) is 19.4 Å². The second-order valence-corrected chi connectivity index (χ2v) is 5.94. The molecule has 0 aliphatic rings. The van der Waals surface area contributed by atoms with Gasteiger partial charge in [-0.3, -0.25) is 0 Å². The molecule has 3 heteroatoms. The van der Waals surface area contributed by atoms with E-state index >= 15 is 0 Å². The summed E-state index contributed by atoms with van der Waals surface area (Å²) in [4.78, 5) is 0. The van der Waals surface area contributed by atoms with Gasteiger partial charge in [0.15, 0.2) is 0 Å². The van der Waals surface area contributed by atoms with Gasteiger partial charge >= 0.3 is 0 Å². The van der Waals surface area contributed by atoms with Crippen molar-refractivity contribution in [1.29, 1.82) is 0 Å². The van der Waals surface area contributed by atoms with E-state index in [1.807, 2.05) is 0 Å². The molecule has 0 spiro atoms. The maximum absolute atomic E-state index is 8.67. The normalized spacial score (nSPS) is 11.1. The van der Waals surface area contributed by atoms with Crippen LogP contribution in [0.4, 0.5) is 0 Å². The molecule has 20 heavy (non-hydrogen) atoms. The van der Waals surface area contributed by atoms with Crippen LogP contribution in [0.2, 0.25) is 0 Å². The third-order valence-electron chi connectivity index (χ3n) is 3.95. The molecule has 0 aliphatic carbocycles.